The first-order valence-electron chi connectivity index (χ1n) is 7.80. The number of hydrogen-bond donors (Lipinski definition) is 1. The molecule has 1 amide bonds. The Hall–Kier alpha value is -2.38. The Morgan fingerprint density at radius 3 is 2.69 bits per heavy atom. The van der Waals surface area contributed by atoms with Crippen molar-refractivity contribution >= 4 is 39.3 Å². The zero-order valence-corrected chi connectivity index (χ0v) is 16.4. The number of aromatic nitrogens is 2. The van der Waals surface area contributed by atoms with Crippen molar-refractivity contribution in [2.75, 3.05) is 18.2 Å². The predicted octanol–water partition coefficient (Wildman–Crippen LogP) is 4.65. The molecule has 2 aromatic carbocycles. The van der Waals surface area contributed by atoms with Gasteiger partial charge in [-0.3, -0.25) is 4.79 Å². The smallest absolute Gasteiger partial charge is 0.234 e. The molecule has 0 aliphatic rings. The Morgan fingerprint density at radius 2 is 1.92 bits per heavy atom. The molecule has 5 nitrogen and oxygen atoms in total. The van der Waals surface area contributed by atoms with E-state index in [0.717, 1.165) is 15.7 Å². The fourth-order valence-corrected chi connectivity index (χ4v) is 3.15. The largest absolute Gasteiger partial charge is 0.495 e. The standard InChI is InChI=1S/C19H16BrN3O2S/c1-25-17-5-3-2-4-16(17)22-18(24)12-26-19-21-11-10-15(23-19)13-6-8-14(20)9-7-13/h2-11H,12H2,1H3,(H,22,24). The van der Waals surface area contributed by atoms with Crippen LogP contribution in [0.5, 0.6) is 5.75 Å². The van der Waals surface area contributed by atoms with Crippen molar-refractivity contribution in [3.63, 3.8) is 0 Å². The number of nitrogens with zero attached hydrogens (tertiary/aromatic N) is 2. The number of amides is 1. The summed E-state index contributed by atoms with van der Waals surface area (Å²) in [5.74, 6) is 0.693. The minimum Gasteiger partial charge on any atom is -0.495 e. The van der Waals surface area contributed by atoms with Crippen LogP contribution in [0.3, 0.4) is 0 Å². The van der Waals surface area contributed by atoms with Crippen LogP contribution in [0.2, 0.25) is 0 Å². The molecule has 0 atom stereocenters. The van der Waals surface area contributed by atoms with E-state index in [4.69, 9.17) is 4.74 Å². The highest BCUT2D eigenvalue weighted by molar-refractivity contribution is 9.10. The minimum atomic E-state index is -0.142. The van der Waals surface area contributed by atoms with E-state index in [2.05, 4.69) is 31.2 Å². The molecule has 0 radical (unpaired) electrons. The third-order valence-electron chi connectivity index (χ3n) is 3.49. The molecule has 7 heteroatoms. The first-order chi connectivity index (χ1) is 12.7. The molecule has 26 heavy (non-hydrogen) atoms. The Morgan fingerprint density at radius 1 is 1.15 bits per heavy atom. The van der Waals surface area contributed by atoms with E-state index < -0.39 is 0 Å². The molecule has 0 saturated carbocycles. The SMILES string of the molecule is COc1ccccc1NC(=O)CSc1nccc(-c2ccc(Br)cc2)n1. The van der Waals surface area contributed by atoms with Crippen LogP contribution >= 0.6 is 27.7 Å². The van der Waals surface area contributed by atoms with Gasteiger partial charge in [0.05, 0.1) is 24.2 Å². The maximum Gasteiger partial charge on any atom is 0.234 e. The average molecular weight is 430 g/mol. The molecule has 0 fully saturated rings. The van der Waals surface area contributed by atoms with Gasteiger partial charge >= 0.3 is 0 Å². The van der Waals surface area contributed by atoms with E-state index in [9.17, 15) is 4.79 Å². The molecule has 0 spiro atoms. The summed E-state index contributed by atoms with van der Waals surface area (Å²) in [4.78, 5) is 20.9. The number of halogens is 1. The zero-order chi connectivity index (χ0) is 18.4. The second-order valence-electron chi connectivity index (χ2n) is 5.27. The molecule has 1 heterocycles. The van der Waals surface area contributed by atoms with Gasteiger partial charge in [0.15, 0.2) is 5.16 Å². The number of carbonyl (C=O) groups is 1. The van der Waals surface area contributed by atoms with E-state index in [1.807, 2.05) is 42.5 Å². The maximum absolute atomic E-state index is 12.2. The van der Waals surface area contributed by atoms with Crippen LogP contribution in [-0.4, -0.2) is 28.7 Å². The Bertz CT molecular complexity index is 903. The number of rotatable bonds is 6. The normalized spacial score (nSPS) is 10.4. The van der Waals surface area contributed by atoms with Gasteiger partial charge in [0.25, 0.3) is 0 Å². The molecule has 0 aliphatic heterocycles. The van der Waals surface area contributed by atoms with Crippen LogP contribution in [0.25, 0.3) is 11.3 Å². The first kappa shape index (κ1) is 18.4. The summed E-state index contributed by atoms with van der Waals surface area (Å²) in [6, 6.07) is 17.0. The molecular weight excluding hydrogens is 414 g/mol. The predicted molar refractivity (Wildman–Crippen MR) is 108 cm³/mol. The van der Waals surface area contributed by atoms with E-state index in [-0.39, 0.29) is 11.7 Å². The zero-order valence-electron chi connectivity index (χ0n) is 14.0. The van der Waals surface area contributed by atoms with Crippen LogP contribution in [0.15, 0.2) is 70.4 Å². The van der Waals surface area contributed by atoms with E-state index in [0.29, 0.717) is 16.6 Å². The molecule has 0 aliphatic carbocycles. The Labute approximate surface area is 164 Å². The van der Waals surface area contributed by atoms with Gasteiger partial charge in [-0.1, -0.05) is 52.0 Å². The summed E-state index contributed by atoms with van der Waals surface area (Å²) in [7, 11) is 1.57. The van der Waals surface area contributed by atoms with Crippen molar-refractivity contribution in [3.8, 4) is 17.0 Å². The number of carbonyl (C=O) groups excluding carboxylic acids is 1. The molecule has 0 bridgehead atoms. The monoisotopic (exact) mass is 429 g/mol. The van der Waals surface area contributed by atoms with Gasteiger partial charge in [0, 0.05) is 16.2 Å². The molecule has 1 N–H and O–H groups in total. The molecule has 3 aromatic rings. The highest BCUT2D eigenvalue weighted by Gasteiger charge is 2.09. The summed E-state index contributed by atoms with van der Waals surface area (Å²) < 4.78 is 6.24. The summed E-state index contributed by atoms with van der Waals surface area (Å²) >= 11 is 4.71. The van der Waals surface area contributed by atoms with Crippen molar-refractivity contribution in [1.29, 1.82) is 0 Å². The highest BCUT2D eigenvalue weighted by Crippen LogP contribution is 2.24. The number of hydrogen-bond acceptors (Lipinski definition) is 5. The minimum absolute atomic E-state index is 0.142. The fourth-order valence-electron chi connectivity index (χ4n) is 2.26. The van der Waals surface area contributed by atoms with Gasteiger partial charge in [-0.05, 0) is 30.3 Å². The summed E-state index contributed by atoms with van der Waals surface area (Å²) in [6.45, 7) is 0. The highest BCUT2D eigenvalue weighted by atomic mass is 79.9. The van der Waals surface area contributed by atoms with E-state index in [1.54, 1.807) is 25.4 Å². The van der Waals surface area contributed by atoms with Crippen molar-refractivity contribution in [2.45, 2.75) is 5.16 Å². The van der Waals surface area contributed by atoms with Gasteiger partial charge in [-0.15, -0.1) is 0 Å². The maximum atomic E-state index is 12.2. The quantitative estimate of drug-likeness (QED) is 0.456. The van der Waals surface area contributed by atoms with Crippen LogP contribution in [-0.2, 0) is 4.79 Å². The fraction of sp³-hybridized carbons (Fsp3) is 0.105. The van der Waals surface area contributed by atoms with Gasteiger partial charge < -0.3 is 10.1 Å². The van der Waals surface area contributed by atoms with Crippen molar-refractivity contribution < 1.29 is 9.53 Å². The van der Waals surface area contributed by atoms with Gasteiger partial charge in [-0.25, -0.2) is 9.97 Å². The van der Waals surface area contributed by atoms with E-state index in [1.165, 1.54) is 11.8 Å². The van der Waals surface area contributed by atoms with Gasteiger partial charge in [-0.2, -0.15) is 0 Å². The van der Waals surface area contributed by atoms with Gasteiger partial charge in [0.1, 0.15) is 5.75 Å². The number of methoxy groups -OCH3 is 1. The summed E-state index contributed by atoms with van der Waals surface area (Å²) in [5.41, 5.74) is 2.46. The lowest BCUT2D eigenvalue weighted by Crippen LogP contribution is -2.14. The van der Waals surface area contributed by atoms with Crippen molar-refractivity contribution in [1.82, 2.24) is 9.97 Å². The molecule has 0 saturated heterocycles. The lowest BCUT2D eigenvalue weighted by molar-refractivity contribution is -0.113. The Balaban J connectivity index is 1.63. The third-order valence-corrected chi connectivity index (χ3v) is 4.88. The van der Waals surface area contributed by atoms with Crippen LogP contribution in [0, 0.1) is 0 Å². The number of thioether (sulfide) groups is 1. The van der Waals surface area contributed by atoms with Crippen LogP contribution in [0.1, 0.15) is 0 Å². The lowest BCUT2D eigenvalue weighted by Gasteiger charge is -2.09. The summed E-state index contributed by atoms with van der Waals surface area (Å²) in [6.07, 6.45) is 1.70. The second kappa shape index (κ2) is 8.82. The van der Waals surface area contributed by atoms with Crippen molar-refractivity contribution in [2.24, 2.45) is 0 Å². The van der Waals surface area contributed by atoms with Crippen molar-refractivity contribution in [3.05, 3.63) is 65.3 Å². The number of para-hydroxylation sites is 2. The Kier molecular flexibility index (Phi) is 6.25. The average Bonchev–Trinajstić information content (AvgIpc) is 2.67. The van der Waals surface area contributed by atoms with Crippen LogP contribution < -0.4 is 10.1 Å². The first-order valence-corrected chi connectivity index (χ1v) is 9.58. The number of nitrogens with one attached hydrogen (secondary N) is 1. The summed E-state index contributed by atoms with van der Waals surface area (Å²) in [5, 5.41) is 3.39. The molecule has 1 aromatic heterocycles. The van der Waals surface area contributed by atoms with Crippen LogP contribution in [0.4, 0.5) is 5.69 Å². The number of anilines is 1. The second-order valence-corrected chi connectivity index (χ2v) is 7.13. The molecular formula is C19H16BrN3O2S. The third kappa shape index (κ3) is 4.83. The van der Waals surface area contributed by atoms with Gasteiger partial charge in [0.2, 0.25) is 5.91 Å². The van der Waals surface area contributed by atoms with E-state index >= 15 is 0 Å². The molecule has 3 rings (SSSR count). The number of benzene rings is 2. The molecule has 132 valence electrons. The topological polar surface area (TPSA) is 64.1 Å². The molecule has 0 unspecified atom stereocenters. The lowest BCUT2D eigenvalue weighted by atomic mass is 10.1. The number of ether oxygens (including phenoxy) is 1.